The number of piperidine rings is 1. The first-order valence-corrected chi connectivity index (χ1v) is 4.22. The summed E-state index contributed by atoms with van der Waals surface area (Å²) in [5.74, 6) is 0.0587. The number of nitrogens with one attached hydrogen (secondary N) is 1. The number of halogens is 2. The van der Waals surface area contributed by atoms with E-state index in [9.17, 15) is 4.79 Å². The van der Waals surface area contributed by atoms with Gasteiger partial charge in [-0.05, 0) is 26.3 Å². The molecule has 0 aliphatic carbocycles. The number of rotatable bonds is 2. The highest BCUT2D eigenvalue weighted by Gasteiger charge is 2.21. The first kappa shape index (κ1) is 15.5. The second-order valence-electron chi connectivity index (χ2n) is 2.80. The highest BCUT2D eigenvalue weighted by atomic mass is 35.5. The van der Waals surface area contributed by atoms with E-state index in [1.54, 1.807) is 0 Å². The number of ether oxygens (including phenoxy) is 1. The molecule has 0 aromatic carbocycles. The maximum atomic E-state index is 11.1. The minimum atomic E-state index is -0.0419. The lowest BCUT2D eigenvalue weighted by Crippen LogP contribution is -2.35. The molecule has 1 N–H and O–H groups in total. The molecule has 0 bridgehead atoms. The van der Waals surface area contributed by atoms with Crippen molar-refractivity contribution in [1.82, 2.24) is 5.32 Å². The Hall–Kier alpha value is 0.01000. The predicted molar refractivity (Wildman–Crippen MR) is 56.7 cm³/mol. The summed E-state index contributed by atoms with van der Waals surface area (Å²) < 4.78 is 4.90. The molecule has 3 nitrogen and oxygen atoms in total. The zero-order chi connectivity index (χ0) is 8.10. The molecule has 1 unspecified atom stereocenters. The van der Waals surface area contributed by atoms with Gasteiger partial charge < -0.3 is 10.1 Å². The van der Waals surface area contributed by atoms with Crippen molar-refractivity contribution >= 4 is 30.8 Å². The van der Waals surface area contributed by atoms with Gasteiger partial charge in [0.2, 0.25) is 0 Å². The Balaban J connectivity index is 0. The fraction of sp³-hybridized carbons (Fsp3) is 0.875. The van der Waals surface area contributed by atoms with E-state index < -0.39 is 0 Å². The molecule has 0 aromatic heterocycles. The third kappa shape index (κ3) is 5.34. The van der Waals surface area contributed by atoms with Crippen LogP contribution < -0.4 is 5.32 Å². The summed E-state index contributed by atoms with van der Waals surface area (Å²) in [6.45, 7) is 4.16. The average Bonchev–Trinajstić information content (AvgIpc) is 2.07. The summed E-state index contributed by atoms with van der Waals surface area (Å²) >= 11 is 0. The minimum Gasteiger partial charge on any atom is -0.466 e. The molecule has 0 spiro atoms. The standard InChI is InChI=1S/C8H15NO2.2ClH/c1-2-11-8(10)7-4-3-5-9-6-7;;/h7,9H,2-6H2,1H3;2*1H. The number of hydrogen-bond acceptors (Lipinski definition) is 3. The molecule has 1 aliphatic heterocycles. The van der Waals surface area contributed by atoms with Gasteiger partial charge >= 0.3 is 5.97 Å². The number of carbonyl (C=O) groups excluding carboxylic acids is 1. The van der Waals surface area contributed by atoms with Gasteiger partial charge in [-0.15, -0.1) is 24.8 Å². The quantitative estimate of drug-likeness (QED) is 0.728. The van der Waals surface area contributed by atoms with Gasteiger partial charge in [0.1, 0.15) is 0 Å². The molecule has 0 amide bonds. The average molecular weight is 230 g/mol. The molecule has 1 atom stereocenters. The van der Waals surface area contributed by atoms with Crippen LogP contribution in [0.15, 0.2) is 0 Å². The van der Waals surface area contributed by atoms with Crippen LogP contribution in [-0.4, -0.2) is 25.7 Å². The van der Waals surface area contributed by atoms with E-state index in [-0.39, 0.29) is 36.7 Å². The van der Waals surface area contributed by atoms with E-state index in [4.69, 9.17) is 4.74 Å². The predicted octanol–water partition coefficient (Wildman–Crippen LogP) is 1.39. The molecule has 1 fully saturated rings. The van der Waals surface area contributed by atoms with Crippen LogP contribution >= 0.6 is 24.8 Å². The molecule has 1 heterocycles. The number of hydrogen-bond donors (Lipinski definition) is 1. The first-order chi connectivity index (χ1) is 5.34. The van der Waals surface area contributed by atoms with Gasteiger partial charge in [0.15, 0.2) is 0 Å². The van der Waals surface area contributed by atoms with Gasteiger partial charge in [-0.2, -0.15) is 0 Å². The van der Waals surface area contributed by atoms with Gasteiger partial charge in [0.25, 0.3) is 0 Å². The Morgan fingerprint density at radius 1 is 1.54 bits per heavy atom. The zero-order valence-corrected chi connectivity index (χ0v) is 9.38. The molecule has 1 rings (SSSR count). The molecule has 5 heteroatoms. The third-order valence-electron chi connectivity index (χ3n) is 1.92. The summed E-state index contributed by atoms with van der Waals surface area (Å²) in [6, 6.07) is 0. The summed E-state index contributed by atoms with van der Waals surface area (Å²) in [5.41, 5.74) is 0. The minimum absolute atomic E-state index is 0. The van der Waals surface area contributed by atoms with Crippen molar-refractivity contribution in [3.8, 4) is 0 Å². The maximum absolute atomic E-state index is 11.1. The molecular weight excluding hydrogens is 213 g/mol. The molecule has 1 aliphatic rings. The molecule has 0 aromatic rings. The normalized spacial score (nSPS) is 20.8. The van der Waals surface area contributed by atoms with Crippen LogP contribution in [0.2, 0.25) is 0 Å². The molecule has 80 valence electrons. The van der Waals surface area contributed by atoms with Crippen LogP contribution in [-0.2, 0) is 9.53 Å². The van der Waals surface area contributed by atoms with Gasteiger partial charge in [0.05, 0.1) is 12.5 Å². The summed E-state index contributed by atoms with van der Waals surface area (Å²) in [6.07, 6.45) is 2.06. The van der Waals surface area contributed by atoms with Crippen LogP contribution in [0.3, 0.4) is 0 Å². The van der Waals surface area contributed by atoms with Gasteiger partial charge in [-0.25, -0.2) is 0 Å². The summed E-state index contributed by atoms with van der Waals surface area (Å²) in [4.78, 5) is 11.1. The van der Waals surface area contributed by atoms with Crippen molar-refractivity contribution in [1.29, 1.82) is 0 Å². The lowest BCUT2D eigenvalue weighted by Gasteiger charge is -2.20. The molecule has 0 saturated carbocycles. The number of carbonyl (C=O) groups is 1. The second kappa shape index (κ2) is 8.60. The monoisotopic (exact) mass is 229 g/mol. The van der Waals surface area contributed by atoms with Crippen LogP contribution in [0.1, 0.15) is 19.8 Å². The highest BCUT2D eigenvalue weighted by molar-refractivity contribution is 5.85. The van der Waals surface area contributed by atoms with Crippen molar-refractivity contribution in [2.24, 2.45) is 5.92 Å². The Labute approximate surface area is 91.4 Å². The van der Waals surface area contributed by atoms with Crippen LogP contribution in [0.4, 0.5) is 0 Å². The van der Waals surface area contributed by atoms with E-state index in [1.807, 2.05) is 6.92 Å². The Morgan fingerprint density at radius 3 is 2.69 bits per heavy atom. The van der Waals surface area contributed by atoms with Gasteiger partial charge in [0, 0.05) is 6.54 Å². The van der Waals surface area contributed by atoms with Crippen molar-refractivity contribution in [3.05, 3.63) is 0 Å². The molecule has 0 radical (unpaired) electrons. The van der Waals surface area contributed by atoms with E-state index >= 15 is 0 Å². The SMILES string of the molecule is CCOC(=O)C1CCCNC1.Cl.Cl. The first-order valence-electron chi connectivity index (χ1n) is 4.22. The van der Waals surface area contributed by atoms with Crippen LogP contribution in [0.5, 0.6) is 0 Å². The van der Waals surface area contributed by atoms with Crippen molar-refractivity contribution in [2.75, 3.05) is 19.7 Å². The van der Waals surface area contributed by atoms with Crippen molar-refractivity contribution in [3.63, 3.8) is 0 Å². The Bertz CT molecular complexity index is 138. The smallest absolute Gasteiger partial charge is 0.310 e. The van der Waals surface area contributed by atoms with Crippen molar-refractivity contribution in [2.45, 2.75) is 19.8 Å². The largest absolute Gasteiger partial charge is 0.466 e. The summed E-state index contributed by atoms with van der Waals surface area (Å²) in [7, 11) is 0. The Kier molecular flexibility index (Phi) is 10.2. The Morgan fingerprint density at radius 2 is 2.23 bits per heavy atom. The van der Waals surface area contributed by atoms with E-state index in [2.05, 4.69) is 5.32 Å². The maximum Gasteiger partial charge on any atom is 0.310 e. The lowest BCUT2D eigenvalue weighted by atomic mass is 10.0. The summed E-state index contributed by atoms with van der Waals surface area (Å²) in [5, 5.41) is 3.17. The highest BCUT2D eigenvalue weighted by Crippen LogP contribution is 2.11. The fourth-order valence-corrected chi connectivity index (χ4v) is 1.31. The van der Waals surface area contributed by atoms with Gasteiger partial charge in [-0.1, -0.05) is 0 Å². The van der Waals surface area contributed by atoms with Gasteiger partial charge in [-0.3, -0.25) is 4.79 Å². The van der Waals surface area contributed by atoms with Crippen LogP contribution in [0, 0.1) is 5.92 Å². The topological polar surface area (TPSA) is 38.3 Å². The van der Waals surface area contributed by atoms with E-state index in [1.165, 1.54) is 0 Å². The fourth-order valence-electron chi connectivity index (χ4n) is 1.31. The third-order valence-corrected chi connectivity index (χ3v) is 1.92. The molecule has 1 saturated heterocycles. The van der Waals surface area contributed by atoms with E-state index in [0.29, 0.717) is 6.61 Å². The molecule has 13 heavy (non-hydrogen) atoms. The van der Waals surface area contributed by atoms with Crippen LogP contribution in [0.25, 0.3) is 0 Å². The number of esters is 1. The second-order valence-corrected chi connectivity index (χ2v) is 2.80. The zero-order valence-electron chi connectivity index (χ0n) is 7.75. The molecular formula is C8H17Cl2NO2. The van der Waals surface area contributed by atoms with Crippen molar-refractivity contribution < 1.29 is 9.53 Å². The lowest BCUT2D eigenvalue weighted by molar-refractivity contribution is -0.148. The van der Waals surface area contributed by atoms with E-state index in [0.717, 1.165) is 25.9 Å².